The Kier molecular flexibility index (Phi) is 3.05. The maximum absolute atomic E-state index is 11.4. The highest BCUT2D eigenvalue weighted by Gasteiger charge is 2.31. The van der Waals surface area contributed by atoms with Gasteiger partial charge in [-0.1, -0.05) is 0 Å². The van der Waals surface area contributed by atoms with Crippen molar-refractivity contribution in [3.05, 3.63) is 0 Å². The van der Waals surface area contributed by atoms with E-state index in [9.17, 15) is 4.79 Å². The molecule has 0 aliphatic carbocycles. The fourth-order valence-electron chi connectivity index (χ4n) is 1.53. The number of hydrogen-bond acceptors (Lipinski definition) is 3. The fraction of sp³-hybridized carbons (Fsp3) is 0.875. The molecule has 4 nitrogen and oxygen atoms in total. The zero-order chi connectivity index (χ0) is 9.14. The monoisotopic (exact) mass is 172 g/mol. The van der Waals surface area contributed by atoms with E-state index in [1.165, 1.54) is 0 Å². The molecule has 4 heteroatoms. The van der Waals surface area contributed by atoms with Crippen LogP contribution in [-0.4, -0.2) is 60.6 Å². The number of aliphatic hydroxyl groups excluding tert-OH is 1. The summed E-state index contributed by atoms with van der Waals surface area (Å²) in [7, 11) is 3.69. The van der Waals surface area contributed by atoms with Gasteiger partial charge in [-0.2, -0.15) is 0 Å². The van der Waals surface area contributed by atoms with E-state index in [1.807, 2.05) is 19.0 Å². The third kappa shape index (κ3) is 1.76. The van der Waals surface area contributed by atoms with Gasteiger partial charge in [0.05, 0.1) is 12.6 Å². The molecule has 0 radical (unpaired) electrons. The molecule has 1 heterocycles. The van der Waals surface area contributed by atoms with Crippen molar-refractivity contribution in [2.24, 2.45) is 0 Å². The number of likely N-dealkylation sites (tertiary alicyclic amines) is 1. The molecule has 0 aromatic heterocycles. The van der Waals surface area contributed by atoms with Crippen molar-refractivity contribution < 1.29 is 9.90 Å². The molecule has 1 atom stereocenters. The molecule has 0 bridgehead atoms. The minimum atomic E-state index is -0.0119. The Hall–Kier alpha value is -0.610. The molecule has 1 amide bonds. The summed E-state index contributed by atoms with van der Waals surface area (Å²) in [6, 6.07) is -0.0119. The Labute approximate surface area is 72.8 Å². The summed E-state index contributed by atoms with van der Waals surface area (Å²) in [6.07, 6.45) is 0.881. The summed E-state index contributed by atoms with van der Waals surface area (Å²) < 4.78 is 0. The second kappa shape index (κ2) is 3.87. The van der Waals surface area contributed by atoms with Gasteiger partial charge in [-0.25, -0.2) is 0 Å². The quantitative estimate of drug-likeness (QED) is 0.602. The van der Waals surface area contributed by atoms with E-state index in [0.717, 1.165) is 13.0 Å². The molecule has 70 valence electrons. The SMILES string of the molecule is CN1CCC(N(C)CCO)C1=O. The molecule has 12 heavy (non-hydrogen) atoms. The smallest absolute Gasteiger partial charge is 0.239 e. The molecule has 1 rings (SSSR count). The molecule has 0 saturated carbocycles. The van der Waals surface area contributed by atoms with E-state index in [0.29, 0.717) is 6.54 Å². The summed E-state index contributed by atoms with van der Waals surface area (Å²) in [5, 5.41) is 8.68. The Morgan fingerprint density at radius 2 is 2.42 bits per heavy atom. The van der Waals surface area contributed by atoms with Crippen LogP contribution in [0.3, 0.4) is 0 Å². The molecule has 0 aromatic rings. The van der Waals surface area contributed by atoms with Crippen molar-refractivity contribution in [2.45, 2.75) is 12.5 Å². The molecule has 1 unspecified atom stereocenters. The molecular weight excluding hydrogens is 156 g/mol. The lowest BCUT2D eigenvalue weighted by molar-refractivity contribution is -0.130. The number of rotatable bonds is 3. The van der Waals surface area contributed by atoms with Crippen molar-refractivity contribution in [1.82, 2.24) is 9.80 Å². The first-order chi connectivity index (χ1) is 5.66. The molecule has 0 spiro atoms. The van der Waals surface area contributed by atoms with Crippen molar-refractivity contribution in [1.29, 1.82) is 0 Å². The summed E-state index contributed by atoms with van der Waals surface area (Å²) >= 11 is 0. The van der Waals surface area contributed by atoms with Crippen LogP contribution in [0.2, 0.25) is 0 Å². The Balaban J connectivity index is 2.47. The maximum Gasteiger partial charge on any atom is 0.239 e. The van der Waals surface area contributed by atoms with Gasteiger partial charge in [-0.3, -0.25) is 9.69 Å². The molecule has 1 aliphatic rings. The van der Waals surface area contributed by atoms with Crippen LogP contribution in [0.15, 0.2) is 0 Å². The van der Waals surface area contributed by atoms with Crippen LogP contribution in [0.4, 0.5) is 0 Å². The minimum Gasteiger partial charge on any atom is -0.395 e. The van der Waals surface area contributed by atoms with E-state index >= 15 is 0 Å². The second-order valence-corrected chi connectivity index (χ2v) is 3.27. The maximum atomic E-state index is 11.4. The first-order valence-corrected chi connectivity index (χ1v) is 4.23. The lowest BCUT2D eigenvalue weighted by Crippen LogP contribution is -2.39. The van der Waals surface area contributed by atoms with Crippen LogP contribution >= 0.6 is 0 Å². The largest absolute Gasteiger partial charge is 0.395 e. The van der Waals surface area contributed by atoms with E-state index in [1.54, 1.807) is 4.90 Å². The van der Waals surface area contributed by atoms with Crippen LogP contribution in [0.5, 0.6) is 0 Å². The van der Waals surface area contributed by atoms with Crippen LogP contribution in [0.1, 0.15) is 6.42 Å². The molecule has 1 N–H and O–H groups in total. The molecular formula is C8H16N2O2. The van der Waals surface area contributed by atoms with Gasteiger partial charge in [0.1, 0.15) is 0 Å². The van der Waals surface area contributed by atoms with Gasteiger partial charge < -0.3 is 10.0 Å². The van der Waals surface area contributed by atoms with E-state index in [2.05, 4.69) is 0 Å². The highest BCUT2D eigenvalue weighted by atomic mass is 16.3. The number of carbonyl (C=O) groups is 1. The average molecular weight is 172 g/mol. The summed E-state index contributed by atoms with van der Waals surface area (Å²) in [5.41, 5.74) is 0. The zero-order valence-corrected chi connectivity index (χ0v) is 7.66. The van der Waals surface area contributed by atoms with Gasteiger partial charge in [-0.15, -0.1) is 0 Å². The van der Waals surface area contributed by atoms with E-state index in [4.69, 9.17) is 5.11 Å². The minimum absolute atomic E-state index is 0.0119. The van der Waals surface area contributed by atoms with Crippen LogP contribution in [-0.2, 0) is 4.79 Å². The predicted octanol–water partition coefficient (Wildman–Crippen LogP) is -0.859. The Bertz CT molecular complexity index is 172. The van der Waals surface area contributed by atoms with Gasteiger partial charge in [0.2, 0.25) is 5.91 Å². The van der Waals surface area contributed by atoms with Gasteiger partial charge in [0.25, 0.3) is 0 Å². The molecule has 1 saturated heterocycles. The standard InChI is InChI=1S/C8H16N2O2/c1-9(5-6-11)7-3-4-10(2)8(7)12/h7,11H,3-6H2,1-2H3. The normalized spacial score (nSPS) is 24.2. The Morgan fingerprint density at radius 3 is 2.83 bits per heavy atom. The topological polar surface area (TPSA) is 43.8 Å². The second-order valence-electron chi connectivity index (χ2n) is 3.27. The first-order valence-electron chi connectivity index (χ1n) is 4.23. The number of amides is 1. The number of nitrogens with zero attached hydrogens (tertiary/aromatic N) is 2. The molecule has 0 aromatic carbocycles. The number of carbonyl (C=O) groups excluding carboxylic acids is 1. The first kappa shape index (κ1) is 9.48. The fourth-order valence-corrected chi connectivity index (χ4v) is 1.53. The lowest BCUT2D eigenvalue weighted by atomic mass is 10.2. The molecule has 1 aliphatic heterocycles. The highest BCUT2D eigenvalue weighted by Crippen LogP contribution is 2.13. The number of likely N-dealkylation sites (N-methyl/N-ethyl adjacent to an activating group) is 2. The number of hydrogen-bond donors (Lipinski definition) is 1. The summed E-state index contributed by atoms with van der Waals surface area (Å²) in [4.78, 5) is 15.1. The van der Waals surface area contributed by atoms with Crippen molar-refractivity contribution in [2.75, 3.05) is 33.8 Å². The van der Waals surface area contributed by atoms with Crippen molar-refractivity contribution in [3.63, 3.8) is 0 Å². The zero-order valence-electron chi connectivity index (χ0n) is 7.66. The Morgan fingerprint density at radius 1 is 1.75 bits per heavy atom. The van der Waals surface area contributed by atoms with E-state index in [-0.39, 0.29) is 18.6 Å². The lowest BCUT2D eigenvalue weighted by Gasteiger charge is -2.21. The van der Waals surface area contributed by atoms with Crippen molar-refractivity contribution >= 4 is 5.91 Å². The van der Waals surface area contributed by atoms with Gasteiger partial charge in [-0.05, 0) is 13.5 Å². The molecule has 1 fully saturated rings. The van der Waals surface area contributed by atoms with Crippen LogP contribution in [0.25, 0.3) is 0 Å². The van der Waals surface area contributed by atoms with E-state index < -0.39 is 0 Å². The summed E-state index contributed by atoms with van der Waals surface area (Å²) in [6.45, 7) is 1.52. The third-order valence-corrected chi connectivity index (χ3v) is 2.38. The van der Waals surface area contributed by atoms with Crippen LogP contribution in [0, 0.1) is 0 Å². The summed E-state index contributed by atoms with van der Waals surface area (Å²) in [5.74, 6) is 0.172. The van der Waals surface area contributed by atoms with Crippen molar-refractivity contribution in [3.8, 4) is 0 Å². The highest BCUT2D eigenvalue weighted by molar-refractivity contribution is 5.83. The number of aliphatic hydroxyl groups is 1. The van der Waals surface area contributed by atoms with Crippen LogP contribution < -0.4 is 0 Å². The van der Waals surface area contributed by atoms with Gasteiger partial charge in [0, 0.05) is 20.1 Å². The van der Waals surface area contributed by atoms with Gasteiger partial charge >= 0.3 is 0 Å². The van der Waals surface area contributed by atoms with Gasteiger partial charge in [0.15, 0.2) is 0 Å². The average Bonchev–Trinajstić information content (AvgIpc) is 2.34. The third-order valence-electron chi connectivity index (χ3n) is 2.38. The predicted molar refractivity (Wildman–Crippen MR) is 45.8 cm³/mol.